The quantitative estimate of drug-likeness (QED) is 0.480. The first-order valence-corrected chi connectivity index (χ1v) is 11.5. The molecule has 0 radical (unpaired) electrons. The highest BCUT2D eigenvalue weighted by atomic mass is 16.3. The summed E-state index contributed by atoms with van der Waals surface area (Å²) in [6.07, 6.45) is 12.2. The molecule has 8 nitrogen and oxygen atoms in total. The summed E-state index contributed by atoms with van der Waals surface area (Å²) < 4.78 is 1.96. The van der Waals surface area contributed by atoms with Gasteiger partial charge in [0.1, 0.15) is 0 Å². The molecule has 5 rings (SSSR count). The van der Waals surface area contributed by atoms with Crippen LogP contribution in [0.25, 0.3) is 10.9 Å². The number of carbonyl (C=O) groups is 1. The Hall–Kier alpha value is -3.78. The smallest absolute Gasteiger partial charge is 0.253 e. The van der Waals surface area contributed by atoms with E-state index in [0.717, 1.165) is 35.1 Å². The van der Waals surface area contributed by atoms with E-state index < -0.39 is 5.60 Å². The highest BCUT2D eigenvalue weighted by Crippen LogP contribution is 2.31. The molecule has 1 fully saturated rings. The summed E-state index contributed by atoms with van der Waals surface area (Å²) in [6, 6.07) is 11.5. The summed E-state index contributed by atoms with van der Waals surface area (Å²) in [5.74, 6) is -0.100. The summed E-state index contributed by atoms with van der Waals surface area (Å²) in [7, 11) is 1.76. The van der Waals surface area contributed by atoms with Crippen molar-refractivity contribution in [1.29, 1.82) is 0 Å². The van der Waals surface area contributed by atoms with E-state index in [2.05, 4.69) is 19.9 Å². The van der Waals surface area contributed by atoms with Gasteiger partial charge in [0.05, 0.1) is 24.0 Å². The average molecular weight is 457 g/mol. The molecule has 34 heavy (non-hydrogen) atoms. The number of β-amino-alcohol motifs (C(OH)–C–C–N with tert-alkyl or cyclic N) is 1. The number of nitrogens with zero attached hydrogens (tertiary/aromatic N) is 6. The minimum Gasteiger partial charge on any atom is -0.386 e. The molecule has 0 saturated carbocycles. The van der Waals surface area contributed by atoms with Gasteiger partial charge in [-0.15, -0.1) is 0 Å². The number of carbonyl (C=O) groups excluding carboxylic acids is 1. The first-order valence-electron chi connectivity index (χ1n) is 11.5. The fourth-order valence-electron chi connectivity index (χ4n) is 4.83. The van der Waals surface area contributed by atoms with Crippen molar-refractivity contribution in [3.05, 3.63) is 84.8 Å². The number of aromatic nitrogens is 4. The predicted octanol–water partition coefficient (Wildman–Crippen LogP) is 2.98. The van der Waals surface area contributed by atoms with Crippen molar-refractivity contribution in [3.63, 3.8) is 0 Å². The second kappa shape index (κ2) is 9.23. The molecule has 1 N–H and O–H groups in total. The fraction of sp³-hybridized carbons (Fsp3) is 0.308. The van der Waals surface area contributed by atoms with E-state index in [-0.39, 0.29) is 12.5 Å². The summed E-state index contributed by atoms with van der Waals surface area (Å²) in [5, 5.41) is 12.5. The first-order chi connectivity index (χ1) is 16.5. The molecule has 0 spiro atoms. The Labute approximate surface area is 198 Å². The van der Waals surface area contributed by atoms with E-state index in [4.69, 9.17) is 0 Å². The SMILES string of the molecule is CN(C[C@]1(O)CCCN(c2ccnc3ccncc23)C1)C(=O)c1cccc(Cn2ccnc2)c1. The summed E-state index contributed by atoms with van der Waals surface area (Å²) in [6.45, 7) is 2.19. The van der Waals surface area contributed by atoms with E-state index in [9.17, 15) is 9.90 Å². The Morgan fingerprint density at radius 3 is 2.94 bits per heavy atom. The number of rotatable bonds is 6. The van der Waals surface area contributed by atoms with Crippen LogP contribution in [0.3, 0.4) is 0 Å². The van der Waals surface area contributed by atoms with Crippen LogP contribution in [0.2, 0.25) is 0 Å². The van der Waals surface area contributed by atoms with Gasteiger partial charge in [0, 0.05) is 74.3 Å². The lowest BCUT2D eigenvalue weighted by Crippen LogP contribution is -2.54. The van der Waals surface area contributed by atoms with Crippen LogP contribution in [0, 0.1) is 0 Å². The van der Waals surface area contributed by atoms with Crippen molar-refractivity contribution >= 4 is 22.5 Å². The van der Waals surface area contributed by atoms with Crippen LogP contribution < -0.4 is 4.90 Å². The van der Waals surface area contributed by atoms with Crippen molar-refractivity contribution in [2.24, 2.45) is 0 Å². The molecule has 1 aromatic carbocycles. The largest absolute Gasteiger partial charge is 0.386 e. The van der Waals surface area contributed by atoms with Crippen molar-refractivity contribution < 1.29 is 9.90 Å². The zero-order chi connectivity index (χ0) is 23.5. The van der Waals surface area contributed by atoms with Gasteiger partial charge in [-0.25, -0.2) is 4.98 Å². The van der Waals surface area contributed by atoms with E-state index in [1.807, 2.05) is 53.4 Å². The second-order valence-corrected chi connectivity index (χ2v) is 9.07. The van der Waals surface area contributed by atoms with Crippen LogP contribution in [0.15, 0.2) is 73.7 Å². The Bertz CT molecular complexity index is 1290. The van der Waals surface area contributed by atoms with Gasteiger partial charge in [-0.2, -0.15) is 0 Å². The Kier molecular flexibility index (Phi) is 5.98. The molecule has 3 aromatic heterocycles. The van der Waals surface area contributed by atoms with E-state index in [1.54, 1.807) is 36.9 Å². The van der Waals surface area contributed by atoms with Gasteiger partial charge in [0.25, 0.3) is 5.91 Å². The maximum absolute atomic E-state index is 13.2. The Morgan fingerprint density at radius 1 is 1.18 bits per heavy atom. The van der Waals surface area contributed by atoms with Crippen LogP contribution in [-0.2, 0) is 6.54 Å². The monoisotopic (exact) mass is 456 g/mol. The minimum atomic E-state index is -1.01. The number of piperidine rings is 1. The summed E-state index contributed by atoms with van der Waals surface area (Å²) in [4.78, 5) is 29.8. The number of amides is 1. The van der Waals surface area contributed by atoms with Crippen molar-refractivity contribution in [2.75, 3.05) is 31.6 Å². The van der Waals surface area contributed by atoms with E-state index in [1.165, 1.54) is 0 Å². The fourth-order valence-corrected chi connectivity index (χ4v) is 4.83. The zero-order valence-electron chi connectivity index (χ0n) is 19.2. The van der Waals surface area contributed by atoms with Gasteiger partial charge >= 0.3 is 0 Å². The van der Waals surface area contributed by atoms with E-state index >= 15 is 0 Å². The molecule has 8 heteroatoms. The third-order valence-corrected chi connectivity index (χ3v) is 6.39. The van der Waals surface area contributed by atoms with Crippen LogP contribution in [0.5, 0.6) is 0 Å². The lowest BCUT2D eigenvalue weighted by Gasteiger charge is -2.42. The zero-order valence-corrected chi connectivity index (χ0v) is 19.2. The third kappa shape index (κ3) is 4.63. The van der Waals surface area contributed by atoms with Crippen LogP contribution >= 0.6 is 0 Å². The van der Waals surface area contributed by atoms with Gasteiger partial charge in [0.2, 0.25) is 0 Å². The highest BCUT2D eigenvalue weighted by Gasteiger charge is 2.36. The minimum absolute atomic E-state index is 0.100. The Morgan fingerprint density at radius 2 is 2.09 bits per heavy atom. The summed E-state index contributed by atoms with van der Waals surface area (Å²) in [5.41, 5.74) is 2.52. The number of aliphatic hydroxyl groups is 1. The topological polar surface area (TPSA) is 87.4 Å². The molecule has 0 aliphatic carbocycles. The number of benzene rings is 1. The normalized spacial score (nSPS) is 18.2. The number of hydrogen-bond acceptors (Lipinski definition) is 6. The van der Waals surface area contributed by atoms with Crippen molar-refractivity contribution in [1.82, 2.24) is 24.4 Å². The maximum Gasteiger partial charge on any atom is 0.253 e. The molecule has 174 valence electrons. The van der Waals surface area contributed by atoms with Crippen LogP contribution in [-0.4, -0.2) is 67.7 Å². The van der Waals surface area contributed by atoms with Gasteiger partial charge in [-0.3, -0.25) is 14.8 Å². The second-order valence-electron chi connectivity index (χ2n) is 9.07. The molecule has 0 unspecified atom stereocenters. The predicted molar refractivity (Wildman–Crippen MR) is 131 cm³/mol. The molecule has 1 saturated heterocycles. The lowest BCUT2D eigenvalue weighted by atomic mass is 9.91. The Balaban J connectivity index is 1.30. The van der Waals surface area contributed by atoms with E-state index in [0.29, 0.717) is 25.1 Å². The number of hydrogen-bond donors (Lipinski definition) is 1. The van der Waals surface area contributed by atoms with Crippen LogP contribution in [0.1, 0.15) is 28.8 Å². The van der Waals surface area contributed by atoms with Gasteiger partial charge in [-0.05, 0) is 42.7 Å². The number of fused-ring (bicyclic) bond motifs is 1. The van der Waals surface area contributed by atoms with Crippen LogP contribution in [0.4, 0.5) is 5.69 Å². The number of pyridine rings is 2. The third-order valence-electron chi connectivity index (χ3n) is 6.39. The van der Waals surface area contributed by atoms with Crippen molar-refractivity contribution in [2.45, 2.75) is 25.0 Å². The molecule has 0 bridgehead atoms. The lowest BCUT2D eigenvalue weighted by molar-refractivity contribution is 0.0000663. The average Bonchev–Trinajstić information content (AvgIpc) is 3.36. The number of likely N-dealkylation sites (N-methyl/N-ethyl adjacent to an activating group) is 1. The molecule has 1 aliphatic heterocycles. The summed E-state index contributed by atoms with van der Waals surface area (Å²) >= 11 is 0. The van der Waals surface area contributed by atoms with Gasteiger partial charge in [0.15, 0.2) is 0 Å². The number of anilines is 1. The molecule has 1 amide bonds. The highest BCUT2D eigenvalue weighted by molar-refractivity contribution is 5.94. The van der Waals surface area contributed by atoms with Crippen molar-refractivity contribution in [3.8, 4) is 0 Å². The molecule has 1 atom stereocenters. The molecular formula is C26H28N6O2. The standard InChI is InChI=1S/C26H28N6O2/c1-30(25(33)21-5-2-4-20(14-21)16-31-13-11-28-19-31)17-26(34)8-3-12-32(18-26)24-7-10-29-23-6-9-27-15-22(23)24/h2,4-7,9-11,13-15,19,34H,3,8,12,16-18H2,1H3/t26-/m1/s1. The first kappa shape index (κ1) is 22.0. The molecule has 1 aliphatic rings. The molecular weight excluding hydrogens is 428 g/mol. The van der Waals surface area contributed by atoms with Gasteiger partial charge in [-0.1, -0.05) is 12.1 Å². The maximum atomic E-state index is 13.2. The molecule has 4 heterocycles. The molecule has 4 aromatic rings. The van der Waals surface area contributed by atoms with Gasteiger partial charge < -0.3 is 19.5 Å². The number of imidazole rings is 1.